The number of aliphatic hydroxyl groups is 1. The van der Waals surface area contributed by atoms with Crippen LogP contribution in [0.3, 0.4) is 0 Å². The van der Waals surface area contributed by atoms with Crippen LogP contribution in [-0.2, 0) is 0 Å². The second-order valence-electron chi connectivity index (χ2n) is 4.49. The van der Waals surface area contributed by atoms with Crippen molar-refractivity contribution in [1.82, 2.24) is 4.98 Å². The number of anilines is 1. The molecule has 0 saturated heterocycles. The lowest BCUT2D eigenvalue weighted by Gasteiger charge is -2.23. The zero-order valence-corrected chi connectivity index (χ0v) is 10.4. The van der Waals surface area contributed by atoms with Gasteiger partial charge in [-0.1, -0.05) is 5.16 Å². The third-order valence-electron chi connectivity index (χ3n) is 2.97. The first kappa shape index (κ1) is 12.6. The van der Waals surface area contributed by atoms with Crippen LogP contribution in [0, 0.1) is 6.92 Å². The standard InChI is InChI=1S/C12H18N4O2/c1-8-6-9(12(13)15-18)7-11(14-8)16(4-5-17)10-2-3-10/h6-7,10,17-18H,2-5H2,1H3,(H2,13,15). The number of aliphatic hydroxyl groups excluding tert-OH is 1. The fraction of sp³-hybridized carbons (Fsp3) is 0.500. The molecule has 6 nitrogen and oxygen atoms in total. The SMILES string of the molecule is Cc1cc(/C(N)=N/O)cc(N(CCO)C2CC2)n1. The topological polar surface area (TPSA) is 95.0 Å². The van der Waals surface area contributed by atoms with Gasteiger partial charge in [0.25, 0.3) is 0 Å². The number of aromatic nitrogens is 1. The maximum absolute atomic E-state index is 9.11. The van der Waals surface area contributed by atoms with Gasteiger partial charge in [-0.25, -0.2) is 4.98 Å². The monoisotopic (exact) mass is 250 g/mol. The van der Waals surface area contributed by atoms with Crippen LogP contribution in [0.1, 0.15) is 24.1 Å². The summed E-state index contributed by atoms with van der Waals surface area (Å²) in [5.74, 6) is 0.842. The fourth-order valence-electron chi connectivity index (χ4n) is 1.98. The molecular weight excluding hydrogens is 232 g/mol. The van der Waals surface area contributed by atoms with Crippen molar-refractivity contribution in [2.24, 2.45) is 10.9 Å². The minimum atomic E-state index is 0.0708. The highest BCUT2D eigenvalue weighted by molar-refractivity contribution is 5.97. The van der Waals surface area contributed by atoms with Crippen LogP contribution in [0.4, 0.5) is 5.82 Å². The Bertz CT molecular complexity index is 457. The van der Waals surface area contributed by atoms with Crippen molar-refractivity contribution in [3.63, 3.8) is 0 Å². The van der Waals surface area contributed by atoms with E-state index in [-0.39, 0.29) is 12.4 Å². The quantitative estimate of drug-likeness (QED) is 0.305. The number of amidine groups is 1. The number of hydrogen-bond acceptors (Lipinski definition) is 5. The molecule has 1 aromatic rings. The molecule has 1 saturated carbocycles. The predicted molar refractivity (Wildman–Crippen MR) is 68.9 cm³/mol. The average molecular weight is 250 g/mol. The lowest BCUT2D eigenvalue weighted by atomic mass is 10.2. The number of oxime groups is 1. The highest BCUT2D eigenvalue weighted by atomic mass is 16.4. The number of pyridine rings is 1. The maximum atomic E-state index is 9.11. The van der Waals surface area contributed by atoms with Crippen molar-refractivity contribution in [2.75, 3.05) is 18.1 Å². The Labute approximate surface area is 106 Å². The van der Waals surface area contributed by atoms with Gasteiger partial charge in [0, 0.05) is 23.8 Å². The molecule has 18 heavy (non-hydrogen) atoms. The summed E-state index contributed by atoms with van der Waals surface area (Å²) in [5.41, 5.74) is 7.05. The van der Waals surface area contributed by atoms with Gasteiger partial charge in [-0.2, -0.15) is 0 Å². The van der Waals surface area contributed by atoms with Gasteiger partial charge in [-0.05, 0) is 31.9 Å². The summed E-state index contributed by atoms with van der Waals surface area (Å²) in [4.78, 5) is 6.52. The minimum Gasteiger partial charge on any atom is -0.409 e. The first-order valence-electron chi connectivity index (χ1n) is 5.99. The molecule has 1 aliphatic carbocycles. The van der Waals surface area contributed by atoms with Crippen LogP contribution < -0.4 is 10.6 Å². The van der Waals surface area contributed by atoms with E-state index in [2.05, 4.69) is 15.0 Å². The van der Waals surface area contributed by atoms with Gasteiger partial charge in [-0.3, -0.25) is 0 Å². The first-order valence-corrected chi connectivity index (χ1v) is 5.99. The molecule has 0 unspecified atom stereocenters. The summed E-state index contributed by atoms with van der Waals surface area (Å²) in [6, 6.07) is 4.00. The molecule has 0 bridgehead atoms. The predicted octanol–water partition coefficient (Wildman–Crippen LogP) is 0.446. The van der Waals surface area contributed by atoms with Gasteiger partial charge in [0.15, 0.2) is 5.84 Å². The van der Waals surface area contributed by atoms with E-state index >= 15 is 0 Å². The Morgan fingerprint density at radius 2 is 2.28 bits per heavy atom. The second kappa shape index (κ2) is 5.22. The summed E-state index contributed by atoms with van der Waals surface area (Å²) < 4.78 is 0. The fourth-order valence-corrected chi connectivity index (χ4v) is 1.98. The molecule has 0 radical (unpaired) electrons. The smallest absolute Gasteiger partial charge is 0.170 e. The minimum absolute atomic E-state index is 0.0708. The zero-order valence-electron chi connectivity index (χ0n) is 10.4. The van der Waals surface area contributed by atoms with E-state index in [0.29, 0.717) is 18.2 Å². The van der Waals surface area contributed by atoms with E-state index in [1.165, 1.54) is 0 Å². The van der Waals surface area contributed by atoms with Crippen molar-refractivity contribution in [3.8, 4) is 0 Å². The van der Waals surface area contributed by atoms with E-state index in [1.807, 2.05) is 6.92 Å². The Morgan fingerprint density at radius 1 is 1.56 bits per heavy atom. The van der Waals surface area contributed by atoms with Crippen LogP contribution in [0.25, 0.3) is 0 Å². The van der Waals surface area contributed by atoms with Crippen LogP contribution in [0.15, 0.2) is 17.3 Å². The zero-order chi connectivity index (χ0) is 13.1. The van der Waals surface area contributed by atoms with Gasteiger partial charge >= 0.3 is 0 Å². The lowest BCUT2D eigenvalue weighted by Crippen LogP contribution is -2.30. The van der Waals surface area contributed by atoms with E-state index in [1.54, 1.807) is 12.1 Å². The molecule has 1 aromatic heterocycles. The van der Waals surface area contributed by atoms with Gasteiger partial charge < -0.3 is 20.9 Å². The van der Waals surface area contributed by atoms with Crippen molar-refractivity contribution in [1.29, 1.82) is 0 Å². The van der Waals surface area contributed by atoms with E-state index in [4.69, 9.17) is 16.0 Å². The molecule has 0 amide bonds. The number of aryl methyl sites for hydroxylation is 1. The molecular formula is C12H18N4O2. The Morgan fingerprint density at radius 3 is 2.83 bits per heavy atom. The van der Waals surface area contributed by atoms with Crippen LogP contribution in [0.5, 0.6) is 0 Å². The van der Waals surface area contributed by atoms with E-state index in [9.17, 15) is 0 Å². The van der Waals surface area contributed by atoms with Crippen molar-refractivity contribution < 1.29 is 10.3 Å². The third-order valence-corrected chi connectivity index (χ3v) is 2.97. The molecule has 0 spiro atoms. The summed E-state index contributed by atoms with van der Waals surface area (Å²) in [5, 5.41) is 20.8. The second-order valence-corrected chi connectivity index (χ2v) is 4.49. The van der Waals surface area contributed by atoms with Crippen molar-refractivity contribution >= 4 is 11.7 Å². The van der Waals surface area contributed by atoms with Gasteiger partial charge in [0.05, 0.1) is 6.61 Å². The third kappa shape index (κ3) is 2.70. The lowest BCUT2D eigenvalue weighted by molar-refractivity contribution is 0.301. The molecule has 1 aliphatic rings. The molecule has 0 atom stereocenters. The van der Waals surface area contributed by atoms with Gasteiger partial charge in [-0.15, -0.1) is 0 Å². The molecule has 0 aromatic carbocycles. The molecule has 1 fully saturated rings. The summed E-state index contributed by atoms with van der Waals surface area (Å²) in [6.07, 6.45) is 2.24. The first-order chi connectivity index (χ1) is 8.65. The van der Waals surface area contributed by atoms with Crippen molar-refractivity contribution in [3.05, 3.63) is 23.4 Å². The van der Waals surface area contributed by atoms with Crippen LogP contribution in [0.2, 0.25) is 0 Å². The number of nitrogens with zero attached hydrogens (tertiary/aromatic N) is 3. The van der Waals surface area contributed by atoms with Crippen LogP contribution in [-0.4, -0.2) is 40.3 Å². The average Bonchev–Trinajstić information content (AvgIpc) is 3.18. The highest BCUT2D eigenvalue weighted by Gasteiger charge is 2.29. The molecule has 2 rings (SSSR count). The summed E-state index contributed by atoms with van der Waals surface area (Å²) in [6.45, 7) is 2.50. The molecule has 6 heteroatoms. The number of hydrogen-bond donors (Lipinski definition) is 3. The van der Waals surface area contributed by atoms with Crippen LogP contribution >= 0.6 is 0 Å². The number of nitrogens with two attached hydrogens (primary N) is 1. The molecule has 0 aliphatic heterocycles. The maximum Gasteiger partial charge on any atom is 0.170 e. The normalized spacial score (nSPS) is 15.8. The summed E-state index contributed by atoms with van der Waals surface area (Å²) in [7, 11) is 0. The van der Waals surface area contributed by atoms with Gasteiger partial charge in [0.2, 0.25) is 0 Å². The molecule has 98 valence electrons. The van der Waals surface area contributed by atoms with E-state index in [0.717, 1.165) is 24.4 Å². The Hall–Kier alpha value is -1.82. The Kier molecular flexibility index (Phi) is 3.66. The largest absolute Gasteiger partial charge is 0.409 e. The molecule has 1 heterocycles. The number of rotatable bonds is 5. The Balaban J connectivity index is 2.33. The van der Waals surface area contributed by atoms with Crippen molar-refractivity contribution in [2.45, 2.75) is 25.8 Å². The molecule has 4 N–H and O–H groups in total. The summed E-state index contributed by atoms with van der Waals surface area (Å²) >= 11 is 0. The van der Waals surface area contributed by atoms with Gasteiger partial charge in [0.1, 0.15) is 5.82 Å². The van der Waals surface area contributed by atoms with E-state index < -0.39 is 0 Å². The highest BCUT2D eigenvalue weighted by Crippen LogP contribution is 2.30.